The summed E-state index contributed by atoms with van der Waals surface area (Å²) in [5, 5.41) is 3.41. The molecule has 0 radical (unpaired) electrons. The van der Waals surface area contributed by atoms with Crippen LogP contribution in [0.15, 0.2) is 12.5 Å². The van der Waals surface area contributed by atoms with Crippen LogP contribution < -0.4 is 5.32 Å². The molecule has 0 saturated carbocycles. The van der Waals surface area contributed by atoms with Crippen molar-refractivity contribution in [2.45, 2.75) is 39.2 Å². The second kappa shape index (κ2) is 7.54. The van der Waals surface area contributed by atoms with Gasteiger partial charge in [0, 0.05) is 38.9 Å². The van der Waals surface area contributed by atoms with E-state index in [-0.39, 0.29) is 0 Å². The highest BCUT2D eigenvalue weighted by atomic mass is 16.5. The number of ether oxygens (including phenoxy) is 1. The van der Waals surface area contributed by atoms with Gasteiger partial charge in [0.2, 0.25) is 0 Å². The third-order valence-corrected chi connectivity index (χ3v) is 3.48. The van der Waals surface area contributed by atoms with Crippen molar-refractivity contribution in [3.05, 3.63) is 18.2 Å². The fourth-order valence-electron chi connectivity index (χ4n) is 2.38. The van der Waals surface area contributed by atoms with Crippen LogP contribution in [0.1, 0.15) is 31.9 Å². The smallest absolute Gasteiger partial charge is 0.0949 e. The van der Waals surface area contributed by atoms with Gasteiger partial charge < -0.3 is 14.6 Å². The summed E-state index contributed by atoms with van der Waals surface area (Å²) in [4.78, 5) is 4.47. The maximum atomic E-state index is 5.39. The Hall–Kier alpha value is -0.870. The highest BCUT2D eigenvalue weighted by Crippen LogP contribution is 2.16. The predicted molar refractivity (Wildman–Crippen MR) is 72.6 cm³/mol. The van der Waals surface area contributed by atoms with Gasteiger partial charge in [0.05, 0.1) is 12.0 Å². The van der Waals surface area contributed by atoms with Gasteiger partial charge in [0.1, 0.15) is 0 Å². The zero-order valence-electron chi connectivity index (χ0n) is 11.4. The number of hydrogen-bond donors (Lipinski definition) is 1. The molecule has 1 fully saturated rings. The average molecular weight is 251 g/mol. The molecule has 102 valence electrons. The van der Waals surface area contributed by atoms with Crippen LogP contribution in [0.5, 0.6) is 0 Å². The van der Waals surface area contributed by atoms with Gasteiger partial charge in [-0.2, -0.15) is 0 Å². The summed E-state index contributed by atoms with van der Waals surface area (Å²) in [5.41, 5.74) is 1.20. The lowest BCUT2D eigenvalue weighted by atomic mass is 10.0. The van der Waals surface area contributed by atoms with E-state index in [0.717, 1.165) is 45.2 Å². The highest BCUT2D eigenvalue weighted by Gasteiger charge is 2.14. The molecule has 0 amide bonds. The van der Waals surface area contributed by atoms with E-state index < -0.39 is 0 Å². The van der Waals surface area contributed by atoms with Crippen LogP contribution in [-0.2, 0) is 17.7 Å². The average Bonchev–Trinajstić information content (AvgIpc) is 2.84. The summed E-state index contributed by atoms with van der Waals surface area (Å²) in [5.74, 6) is 0.763. The van der Waals surface area contributed by atoms with Gasteiger partial charge in [0.25, 0.3) is 0 Å². The lowest BCUT2D eigenvalue weighted by molar-refractivity contribution is 0.0612. The molecule has 1 aromatic rings. The number of aromatic nitrogens is 2. The monoisotopic (exact) mass is 251 g/mol. The van der Waals surface area contributed by atoms with Gasteiger partial charge in [-0.1, -0.05) is 6.92 Å². The summed E-state index contributed by atoms with van der Waals surface area (Å²) in [6, 6.07) is 0. The standard InChI is InChI=1S/C14H25N3O/c1-2-6-15-7-3-14-11-17(12-16-14)10-13-4-8-18-9-5-13/h11-13,15H,2-10H2,1H3. The number of hydrogen-bond acceptors (Lipinski definition) is 3. The molecule has 0 atom stereocenters. The first-order chi connectivity index (χ1) is 8.88. The second-order valence-corrected chi connectivity index (χ2v) is 5.12. The van der Waals surface area contributed by atoms with Crippen LogP contribution in [0.4, 0.5) is 0 Å². The Balaban J connectivity index is 1.71. The highest BCUT2D eigenvalue weighted by molar-refractivity contribution is 4.97. The molecular formula is C14H25N3O. The zero-order chi connectivity index (χ0) is 12.6. The number of nitrogens with zero attached hydrogens (tertiary/aromatic N) is 2. The van der Waals surface area contributed by atoms with Crippen molar-refractivity contribution in [1.82, 2.24) is 14.9 Å². The summed E-state index contributed by atoms with van der Waals surface area (Å²) in [7, 11) is 0. The molecule has 2 heterocycles. The quantitative estimate of drug-likeness (QED) is 0.752. The molecule has 4 nitrogen and oxygen atoms in total. The summed E-state index contributed by atoms with van der Waals surface area (Å²) in [6.45, 7) is 7.26. The summed E-state index contributed by atoms with van der Waals surface area (Å²) in [6.07, 6.45) is 8.77. The Morgan fingerprint density at radius 1 is 1.39 bits per heavy atom. The Morgan fingerprint density at radius 3 is 3.00 bits per heavy atom. The molecule has 1 aliphatic heterocycles. The van der Waals surface area contributed by atoms with E-state index >= 15 is 0 Å². The van der Waals surface area contributed by atoms with Gasteiger partial charge in [-0.3, -0.25) is 0 Å². The first-order valence-corrected chi connectivity index (χ1v) is 7.17. The molecular weight excluding hydrogens is 226 g/mol. The number of nitrogens with one attached hydrogen (secondary N) is 1. The molecule has 0 unspecified atom stereocenters. The van der Waals surface area contributed by atoms with Crippen LogP contribution in [0.3, 0.4) is 0 Å². The van der Waals surface area contributed by atoms with Gasteiger partial charge in [-0.25, -0.2) is 4.98 Å². The Bertz CT molecular complexity index is 332. The molecule has 0 aromatic carbocycles. The van der Waals surface area contributed by atoms with Crippen molar-refractivity contribution in [2.75, 3.05) is 26.3 Å². The molecule has 0 spiro atoms. The fraction of sp³-hybridized carbons (Fsp3) is 0.786. The molecule has 2 rings (SSSR count). The maximum Gasteiger partial charge on any atom is 0.0949 e. The van der Waals surface area contributed by atoms with Crippen molar-refractivity contribution in [2.24, 2.45) is 5.92 Å². The molecule has 18 heavy (non-hydrogen) atoms. The van der Waals surface area contributed by atoms with Crippen molar-refractivity contribution < 1.29 is 4.74 Å². The van der Waals surface area contributed by atoms with Gasteiger partial charge in [-0.15, -0.1) is 0 Å². The predicted octanol–water partition coefficient (Wildman–Crippen LogP) is 1.85. The van der Waals surface area contributed by atoms with E-state index in [4.69, 9.17) is 4.74 Å². The van der Waals surface area contributed by atoms with E-state index in [9.17, 15) is 0 Å². The first-order valence-electron chi connectivity index (χ1n) is 7.17. The van der Waals surface area contributed by atoms with Gasteiger partial charge in [-0.05, 0) is 31.7 Å². The molecule has 0 aliphatic carbocycles. The van der Waals surface area contributed by atoms with Crippen LogP contribution in [0.25, 0.3) is 0 Å². The van der Waals surface area contributed by atoms with Crippen LogP contribution >= 0.6 is 0 Å². The number of rotatable bonds is 7. The van der Waals surface area contributed by atoms with Crippen LogP contribution in [0, 0.1) is 5.92 Å². The Labute approximate surface area is 110 Å². The Kier molecular flexibility index (Phi) is 5.68. The largest absolute Gasteiger partial charge is 0.381 e. The van der Waals surface area contributed by atoms with Crippen LogP contribution in [0.2, 0.25) is 0 Å². The Morgan fingerprint density at radius 2 is 2.22 bits per heavy atom. The van der Waals surface area contributed by atoms with Crippen molar-refractivity contribution in [1.29, 1.82) is 0 Å². The molecule has 0 bridgehead atoms. The number of imidazole rings is 1. The lowest BCUT2D eigenvalue weighted by Crippen LogP contribution is -2.20. The molecule has 1 aromatic heterocycles. The van der Waals surface area contributed by atoms with Crippen LogP contribution in [-0.4, -0.2) is 35.9 Å². The first kappa shape index (κ1) is 13.6. The fourth-order valence-corrected chi connectivity index (χ4v) is 2.38. The van der Waals surface area contributed by atoms with Crippen molar-refractivity contribution >= 4 is 0 Å². The van der Waals surface area contributed by atoms with Gasteiger partial charge >= 0.3 is 0 Å². The molecule has 4 heteroatoms. The van der Waals surface area contributed by atoms with E-state index in [1.54, 1.807) is 0 Å². The second-order valence-electron chi connectivity index (χ2n) is 5.12. The van der Waals surface area contributed by atoms with E-state index in [0.29, 0.717) is 0 Å². The lowest BCUT2D eigenvalue weighted by Gasteiger charge is -2.22. The zero-order valence-corrected chi connectivity index (χ0v) is 11.4. The minimum absolute atomic E-state index is 0.763. The van der Waals surface area contributed by atoms with Gasteiger partial charge in [0.15, 0.2) is 0 Å². The third kappa shape index (κ3) is 4.42. The molecule has 1 aliphatic rings. The minimum Gasteiger partial charge on any atom is -0.381 e. The van der Waals surface area contributed by atoms with E-state index in [1.165, 1.54) is 25.0 Å². The topological polar surface area (TPSA) is 39.1 Å². The normalized spacial score (nSPS) is 17.2. The third-order valence-electron chi connectivity index (χ3n) is 3.48. The van der Waals surface area contributed by atoms with Crippen molar-refractivity contribution in [3.8, 4) is 0 Å². The molecule has 1 N–H and O–H groups in total. The van der Waals surface area contributed by atoms with E-state index in [1.807, 2.05) is 6.33 Å². The van der Waals surface area contributed by atoms with E-state index in [2.05, 4.69) is 28.0 Å². The minimum atomic E-state index is 0.763. The molecule has 1 saturated heterocycles. The SMILES string of the molecule is CCCNCCc1cn(CC2CCOCC2)cn1. The van der Waals surface area contributed by atoms with Crippen molar-refractivity contribution in [3.63, 3.8) is 0 Å². The summed E-state index contributed by atoms with van der Waals surface area (Å²) < 4.78 is 7.63. The maximum absolute atomic E-state index is 5.39. The summed E-state index contributed by atoms with van der Waals surface area (Å²) >= 11 is 0.